The molecule has 0 saturated heterocycles. The fourth-order valence-electron chi connectivity index (χ4n) is 0.992. The molecule has 1 aromatic carbocycles. The summed E-state index contributed by atoms with van der Waals surface area (Å²) in [5.41, 5.74) is 1.26. The predicted molar refractivity (Wildman–Crippen MR) is 63.1 cm³/mol. The minimum atomic E-state index is 0.878. The van der Waals surface area contributed by atoms with Gasteiger partial charge in [-0.25, -0.2) is 0 Å². The van der Waals surface area contributed by atoms with Gasteiger partial charge in [0.05, 0.1) is 0 Å². The Balaban J connectivity index is 2.62. The van der Waals surface area contributed by atoms with E-state index < -0.39 is 0 Å². The number of hydrogen-bond donors (Lipinski definition) is 0. The molecule has 0 radical (unpaired) electrons. The van der Waals surface area contributed by atoms with Crippen molar-refractivity contribution in [3.63, 3.8) is 0 Å². The van der Waals surface area contributed by atoms with Crippen LogP contribution in [0.5, 0.6) is 5.75 Å². The second kappa shape index (κ2) is 5.33. The summed E-state index contributed by atoms with van der Waals surface area (Å²) in [5.74, 6) is 1.78. The van der Waals surface area contributed by atoms with Crippen LogP contribution in [0, 0.1) is 0 Å². The molecule has 0 atom stereocenters. The lowest BCUT2D eigenvalue weighted by atomic mass is 9.98. The van der Waals surface area contributed by atoms with Crippen molar-refractivity contribution in [2.75, 3.05) is 0 Å². The van der Waals surface area contributed by atoms with Crippen molar-refractivity contribution in [1.82, 2.24) is 0 Å². The molecule has 0 saturated carbocycles. The summed E-state index contributed by atoms with van der Waals surface area (Å²) >= 11 is 0. The quantitative estimate of drug-likeness (QED) is 0.400. The van der Waals surface area contributed by atoms with E-state index in [-0.39, 0.29) is 0 Å². The van der Waals surface area contributed by atoms with E-state index in [9.17, 15) is 0 Å². The highest BCUT2D eigenvalue weighted by molar-refractivity contribution is 6.21. The molecule has 14 heavy (non-hydrogen) atoms. The van der Waals surface area contributed by atoms with E-state index >= 15 is 0 Å². The summed E-state index contributed by atoms with van der Waals surface area (Å²) in [4.78, 5) is 0. The van der Waals surface area contributed by atoms with E-state index in [2.05, 4.69) is 14.8 Å². The Morgan fingerprint density at radius 1 is 1.14 bits per heavy atom. The zero-order chi connectivity index (χ0) is 10.4. The van der Waals surface area contributed by atoms with Crippen LogP contribution < -0.4 is 4.74 Å². The normalized spacial score (nSPS) is 12.7. The third-order valence-electron chi connectivity index (χ3n) is 1.67. The molecule has 0 heterocycles. The second-order valence-corrected chi connectivity index (χ2v) is 3.44. The lowest BCUT2D eigenvalue weighted by Crippen LogP contribution is -1.89. The lowest BCUT2D eigenvalue weighted by Gasteiger charge is -2.03. The first-order valence-corrected chi connectivity index (χ1v) is 4.73. The Kier molecular flexibility index (Phi) is 4.05. The number of ether oxygens (including phenoxy) is 1. The highest BCUT2D eigenvalue weighted by Gasteiger charge is 1.91. The maximum absolute atomic E-state index is 5.58. The molecule has 1 nitrogen and oxygen atoms in total. The molecule has 0 amide bonds. The van der Waals surface area contributed by atoms with Crippen molar-refractivity contribution in [1.29, 1.82) is 0 Å². The minimum Gasteiger partial charge on any atom is -0.462 e. The van der Waals surface area contributed by atoms with Crippen LogP contribution in [0.1, 0.15) is 13.8 Å². The van der Waals surface area contributed by atoms with Gasteiger partial charge in [0.2, 0.25) is 0 Å². The Morgan fingerprint density at radius 3 is 2.36 bits per heavy atom. The smallest absolute Gasteiger partial charge is 0.133 e. The molecule has 0 aliphatic rings. The molecule has 72 valence electrons. The molecule has 0 N–H and O–H groups in total. The van der Waals surface area contributed by atoms with E-state index in [0.29, 0.717) is 0 Å². The minimum absolute atomic E-state index is 0.878. The standard InChI is InChI=1S/C12H15BO/c1-10(13)8-9-11(2)14-12-6-4-3-5-7-12/h3-9H,13H2,1-2H3/b10-8+,11-9+. The van der Waals surface area contributed by atoms with Crippen molar-refractivity contribution in [2.45, 2.75) is 13.8 Å². The molecule has 0 unspecified atom stereocenters. The van der Waals surface area contributed by atoms with Gasteiger partial charge in [0.1, 0.15) is 19.4 Å². The van der Waals surface area contributed by atoms with E-state index in [1.54, 1.807) is 0 Å². The van der Waals surface area contributed by atoms with E-state index in [1.807, 2.05) is 49.4 Å². The summed E-state index contributed by atoms with van der Waals surface area (Å²) in [6.45, 7) is 4.01. The zero-order valence-corrected chi connectivity index (χ0v) is 8.95. The van der Waals surface area contributed by atoms with Gasteiger partial charge in [-0.3, -0.25) is 0 Å². The van der Waals surface area contributed by atoms with E-state index in [1.165, 1.54) is 5.47 Å². The third kappa shape index (κ3) is 3.99. The van der Waals surface area contributed by atoms with Gasteiger partial charge in [0, 0.05) is 0 Å². The van der Waals surface area contributed by atoms with Crippen molar-refractivity contribution < 1.29 is 4.74 Å². The van der Waals surface area contributed by atoms with Crippen molar-refractivity contribution >= 4 is 7.85 Å². The number of rotatable bonds is 3. The van der Waals surface area contributed by atoms with Crippen molar-refractivity contribution in [2.24, 2.45) is 0 Å². The summed E-state index contributed by atoms with van der Waals surface area (Å²) in [6, 6.07) is 9.79. The largest absolute Gasteiger partial charge is 0.462 e. The maximum Gasteiger partial charge on any atom is 0.133 e. The van der Waals surface area contributed by atoms with Crippen LogP contribution in [-0.4, -0.2) is 7.85 Å². The molecule has 2 heteroatoms. The molecular weight excluding hydrogens is 171 g/mol. The summed E-state index contributed by atoms with van der Waals surface area (Å²) in [5, 5.41) is 0. The van der Waals surface area contributed by atoms with Crippen LogP contribution in [0.25, 0.3) is 0 Å². The second-order valence-electron chi connectivity index (χ2n) is 3.44. The molecule has 1 aromatic rings. The zero-order valence-electron chi connectivity index (χ0n) is 8.95. The average Bonchev–Trinajstić information content (AvgIpc) is 2.16. The predicted octanol–water partition coefficient (Wildman–Crippen LogP) is 2.51. The van der Waals surface area contributed by atoms with Gasteiger partial charge in [0.15, 0.2) is 0 Å². The van der Waals surface area contributed by atoms with Crippen molar-refractivity contribution in [3.05, 3.63) is 53.7 Å². The maximum atomic E-state index is 5.58. The van der Waals surface area contributed by atoms with Gasteiger partial charge < -0.3 is 4.74 Å². The number of para-hydroxylation sites is 1. The Hall–Kier alpha value is -1.44. The van der Waals surface area contributed by atoms with Gasteiger partial charge in [-0.1, -0.05) is 31.2 Å². The fraction of sp³-hybridized carbons (Fsp3) is 0.167. The van der Waals surface area contributed by atoms with Crippen LogP contribution in [-0.2, 0) is 0 Å². The SMILES string of the molecule is B/C(C)=C/C=C(\C)Oc1ccccc1. The van der Waals surface area contributed by atoms with Gasteiger partial charge in [0.25, 0.3) is 0 Å². The molecule has 0 aromatic heterocycles. The topological polar surface area (TPSA) is 9.23 Å². The number of allylic oxidation sites excluding steroid dienone is 4. The third-order valence-corrected chi connectivity index (χ3v) is 1.67. The Bertz CT molecular complexity index is 335. The fourth-order valence-corrected chi connectivity index (χ4v) is 0.992. The first kappa shape index (κ1) is 10.6. The number of benzene rings is 1. The lowest BCUT2D eigenvalue weighted by molar-refractivity contribution is 0.428. The molecule has 0 bridgehead atoms. The molecule has 0 spiro atoms. The molecular formula is C12H15BO. The van der Waals surface area contributed by atoms with Gasteiger partial charge in [-0.05, 0) is 25.1 Å². The highest BCUT2D eigenvalue weighted by atomic mass is 16.5. The van der Waals surface area contributed by atoms with Gasteiger partial charge >= 0.3 is 0 Å². The Morgan fingerprint density at radius 2 is 1.79 bits per heavy atom. The molecule has 0 aliphatic heterocycles. The molecule has 1 rings (SSSR count). The highest BCUT2D eigenvalue weighted by Crippen LogP contribution is 2.12. The first-order valence-electron chi connectivity index (χ1n) is 4.73. The molecule has 0 fully saturated rings. The summed E-state index contributed by atoms with van der Waals surface area (Å²) in [6.07, 6.45) is 4.01. The first-order chi connectivity index (χ1) is 6.68. The molecule has 0 aliphatic carbocycles. The Labute approximate surface area is 86.5 Å². The summed E-state index contributed by atoms with van der Waals surface area (Å²) in [7, 11) is 2.06. The van der Waals surface area contributed by atoms with Gasteiger partial charge in [-0.2, -0.15) is 0 Å². The number of hydrogen-bond acceptors (Lipinski definition) is 1. The van der Waals surface area contributed by atoms with Crippen LogP contribution in [0.15, 0.2) is 53.7 Å². The van der Waals surface area contributed by atoms with Crippen LogP contribution in [0.2, 0.25) is 0 Å². The van der Waals surface area contributed by atoms with Gasteiger partial charge in [-0.15, -0.1) is 5.47 Å². The van der Waals surface area contributed by atoms with Crippen LogP contribution in [0.4, 0.5) is 0 Å². The van der Waals surface area contributed by atoms with E-state index in [4.69, 9.17) is 4.74 Å². The average molecular weight is 186 g/mol. The van der Waals surface area contributed by atoms with E-state index in [0.717, 1.165) is 11.5 Å². The van der Waals surface area contributed by atoms with Crippen LogP contribution in [0.3, 0.4) is 0 Å². The monoisotopic (exact) mass is 186 g/mol. The van der Waals surface area contributed by atoms with Crippen LogP contribution >= 0.6 is 0 Å². The summed E-state index contributed by atoms with van der Waals surface area (Å²) < 4.78 is 5.58. The van der Waals surface area contributed by atoms with Crippen molar-refractivity contribution in [3.8, 4) is 5.75 Å².